The van der Waals surface area contributed by atoms with Crippen molar-refractivity contribution in [3.05, 3.63) is 106 Å². The fraction of sp³-hybridized carbons (Fsp3) is 0.395. The van der Waals surface area contributed by atoms with Gasteiger partial charge in [-0.05, 0) is 66.3 Å². The van der Waals surface area contributed by atoms with Gasteiger partial charge >= 0.3 is 6.09 Å². The number of methoxy groups -OCH3 is 1. The molecule has 4 heterocycles. The number of non-ortho nitro benzene ring substituents is 1. The van der Waals surface area contributed by atoms with Gasteiger partial charge in [0.2, 0.25) is 0 Å². The standard InChI is InChI=1S/C36H32FN5O6S.C7H17NO3/c37-29-19-24(18-27(43)17-23-1-2-23)4-10-32(29)48-33-11-12-38-31-20-34(49-35(31)33)30-9-3-25(21-39-30)22-40-13-15-41(16-14-40)36(44)47-28-7-5-26(6-8-28)42(45)46;1-9-4-5-11-7-6-10-3-2-8/h3-12,19-21,23H,1-2,13-18,22H2;2-8H2,1H3. The van der Waals surface area contributed by atoms with Gasteiger partial charge in [-0.3, -0.25) is 29.8 Å². The van der Waals surface area contributed by atoms with E-state index in [1.807, 2.05) is 24.4 Å². The second kappa shape index (κ2) is 22.3. The van der Waals surface area contributed by atoms with Crippen LogP contribution < -0.4 is 15.2 Å². The lowest BCUT2D eigenvalue weighted by Crippen LogP contribution is -2.49. The Morgan fingerprint density at radius 2 is 1.63 bits per heavy atom. The first-order valence-corrected chi connectivity index (χ1v) is 20.6. The third-order valence-electron chi connectivity index (χ3n) is 9.64. The second-order valence-electron chi connectivity index (χ2n) is 14.3. The van der Waals surface area contributed by atoms with Crippen LogP contribution in [-0.4, -0.2) is 109 Å². The number of pyridine rings is 2. The number of piperazine rings is 1. The molecule has 0 unspecified atom stereocenters. The SMILES string of the molecule is COCCOCCOCCN.O=C(Cc1ccc(Oc2ccnc3cc(-c4ccc(CN5CCN(C(=O)Oc6ccc([N+](=O)[O-])cc6)CC5)cn4)sc23)c(F)c1)CC1CC1. The highest BCUT2D eigenvalue weighted by molar-refractivity contribution is 7.22. The molecule has 2 aromatic carbocycles. The number of hydrogen-bond acceptors (Lipinski definition) is 14. The molecule has 1 saturated carbocycles. The summed E-state index contributed by atoms with van der Waals surface area (Å²) in [5.74, 6) is 0.970. The Kier molecular flexibility index (Phi) is 16.4. The molecule has 2 aliphatic rings. The van der Waals surface area contributed by atoms with E-state index >= 15 is 4.39 Å². The van der Waals surface area contributed by atoms with Crippen LogP contribution in [0.5, 0.6) is 17.2 Å². The van der Waals surface area contributed by atoms with Crippen molar-refractivity contribution in [2.24, 2.45) is 11.7 Å². The van der Waals surface area contributed by atoms with Crippen molar-refractivity contribution in [2.45, 2.75) is 32.2 Å². The van der Waals surface area contributed by atoms with E-state index in [0.717, 1.165) is 39.2 Å². The fourth-order valence-electron chi connectivity index (χ4n) is 6.28. The van der Waals surface area contributed by atoms with Crippen LogP contribution in [0.2, 0.25) is 0 Å². The summed E-state index contributed by atoms with van der Waals surface area (Å²) in [6.45, 7) is 6.63. The molecule has 0 bridgehead atoms. The van der Waals surface area contributed by atoms with Gasteiger partial charge in [-0.25, -0.2) is 9.18 Å². The summed E-state index contributed by atoms with van der Waals surface area (Å²) in [4.78, 5) is 49.1. The average molecular weight is 845 g/mol. The molecule has 0 spiro atoms. The molecule has 1 saturated heterocycles. The van der Waals surface area contributed by atoms with E-state index in [2.05, 4.69) is 9.88 Å². The monoisotopic (exact) mass is 844 g/mol. The fourth-order valence-corrected chi connectivity index (χ4v) is 7.32. The first-order chi connectivity index (χ1) is 29.2. The van der Waals surface area contributed by atoms with Crippen molar-refractivity contribution in [2.75, 3.05) is 72.9 Å². The molecule has 3 aromatic heterocycles. The number of ether oxygens (including phenoxy) is 5. The molecule has 7 rings (SSSR count). The van der Waals surface area contributed by atoms with Gasteiger partial charge in [0.1, 0.15) is 17.3 Å². The van der Waals surface area contributed by atoms with Gasteiger partial charge in [-0.15, -0.1) is 11.3 Å². The maximum absolute atomic E-state index is 15.0. The van der Waals surface area contributed by atoms with E-state index in [1.165, 1.54) is 41.7 Å². The first-order valence-electron chi connectivity index (χ1n) is 19.8. The minimum atomic E-state index is -0.515. The molecular formula is C43H49FN6O9S. The summed E-state index contributed by atoms with van der Waals surface area (Å²) >= 11 is 1.47. The third kappa shape index (κ3) is 13.3. The third-order valence-corrected chi connectivity index (χ3v) is 10.8. The summed E-state index contributed by atoms with van der Waals surface area (Å²) in [5.41, 5.74) is 8.31. The number of ketones is 1. The van der Waals surface area contributed by atoms with Gasteiger partial charge in [0.15, 0.2) is 11.6 Å². The Balaban J connectivity index is 0.000000483. The quantitative estimate of drug-likeness (QED) is 0.0508. The van der Waals surface area contributed by atoms with Gasteiger partial charge in [0, 0.05) is 89.8 Å². The van der Waals surface area contributed by atoms with Crippen molar-refractivity contribution < 1.29 is 42.6 Å². The first kappa shape index (κ1) is 44.1. The van der Waals surface area contributed by atoms with Gasteiger partial charge in [-0.2, -0.15) is 0 Å². The molecule has 1 amide bonds. The lowest BCUT2D eigenvalue weighted by atomic mass is 10.0. The zero-order chi connectivity index (χ0) is 42.3. The highest BCUT2D eigenvalue weighted by atomic mass is 32.1. The number of nitro groups is 1. The number of halogens is 1. The molecule has 17 heteroatoms. The number of nitro benzene ring substituents is 1. The van der Waals surface area contributed by atoms with Crippen LogP contribution in [0.4, 0.5) is 14.9 Å². The number of fused-ring (bicyclic) bond motifs is 1. The highest BCUT2D eigenvalue weighted by Gasteiger charge is 2.25. The molecule has 2 fully saturated rings. The number of nitrogens with zero attached hydrogens (tertiary/aromatic N) is 5. The maximum atomic E-state index is 15.0. The molecule has 15 nitrogen and oxygen atoms in total. The zero-order valence-corrected chi connectivity index (χ0v) is 34.3. The maximum Gasteiger partial charge on any atom is 0.415 e. The summed E-state index contributed by atoms with van der Waals surface area (Å²) in [5, 5.41) is 10.8. The Bertz CT molecular complexity index is 2170. The lowest BCUT2D eigenvalue weighted by molar-refractivity contribution is -0.384. The minimum absolute atomic E-state index is 0.0682. The summed E-state index contributed by atoms with van der Waals surface area (Å²) in [7, 11) is 1.65. The molecule has 0 atom stereocenters. The second-order valence-corrected chi connectivity index (χ2v) is 15.4. The van der Waals surface area contributed by atoms with Gasteiger partial charge in [-0.1, -0.05) is 12.1 Å². The number of hydrogen-bond donors (Lipinski definition) is 1. The van der Waals surface area contributed by atoms with E-state index in [9.17, 15) is 19.7 Å². The van der Waals surface area contributed by atoms with Crippen LogP contribution in [0.3, 0.4) is 0 Å². The van der Waals surface area contributed by atoms with Crippen LogP contribution >= 0.6 is 11.3 Å². The van der Waals surface area contributed by atoms with E-state index in [0.29, 0.717) is 96.0 Å². The number of aromatic nitrogens is 2. The molecule has 0 radical (unpaired) electrons. The molecule has 1 aliphatic carbocycles. The van der Waals surface area contributed by atoms with E-state index in [-0.39, 0.29) is 29.4 Å². The van der Waals surface area contributed by atoms with Crippen molar-refractivity contribution in [1.29, 1.82) is 0 Å². The largest absolute Gasteiger partial charge is 0.453 e. The molecule has 60 heavy (non-hydrogen) atoms. The van der Waals surface area contributed by atoms with Crippen LogP contribution in [0, 0.1) is 21.8 Å². The number of carbonyl (C=O) groups excluding carboxylic acids is 2. The smallest absolute Gasteiger partial charge is 0.415 e. The van der Waals surface area contributed by atoms with Crippen molar-refractivity contribution >= 4 is 39.1 Å². The number of rotatable bonds is 19. The van der Waals surface area contributed by atoms with E-state index in [1.54, 1.807) is 36.4 Å². The number of Topliss-reactive ketones (excluding diaryl/α,β-unsaturated/α-hetero) is 1. The van der Waals surface area contributed by atoms with Gasteiger partial charge < -0.3 is 34.3 Å². The normalized spacial score (nSPS) is 14.1. The number of benzene rings is 2. The van der Waals surface area contributed by atoms with Crippen LogP contribution in [-0.2, 0) is 32.0 Å². The summed E-state index contributed by atoms with van der Waals surface area (Å²) < 4.78 is 42.2. The number of nitrogens with two attached hydrogens (primary N) is 1. The van der Waals surface area contributed by atoms with Crippen LogP contribution in [0.25, 0.3) is 20.8 Å². The molecule has 318 valence electrons. The Labute approximate surface area is 351 Å². The molecular weight excluding hydrogens is 796 g/mol. The number of thiophene rings is 1. The predicted octanol–water partition coefficient (Wildman–Crippen LogP) is 7.05. The van der Waals surface area contributed by atoms with Crippen molar-refractivity contribution in [1.82, 2.24) is 19.8 Å². The predicted molar refractivity (Wildman–Crippen MR) is 224 cm³/mol. The van der Waals surface area contributed by atoms with Crippen molar-refractivity contribution in [3.63, 3.8) is 0 Å². The van der Waals surface area contributed by atoms with Crippen LogP contribution in [0.1, 0.15) is 30.4 Å². The number of carbonyl (C=O) groups is 2. The van der Waals surface area contributed by atoms with Crippen LogP contribution in [0.15, 0.2) is 79.1 Å². The Morgan fingerprint density at radius 3 is 2.30 bits per heavy atom. The molecule has 2 N–H and O–H groups in total. The minimum Gasteiger partial charge on any atom is -0.453 e. The average Bonchev–Trinajstić information content (AvgIpc) is 3.95. The molecule has 1 aliphatic heterocycles. The van der Waals surface area contributed by atoms with Gasteiger partial charge in [0.25, 0.3) is 5.69 Å². The topological polar surface area (TPSA) is 182 Å². The van der Waals surface area contributed by atoms with Crippen molar-refractivity contribution in [3.8, 4) is 27.8 Å². The van der Waals surface area contributed by atoms with E-state index < -0.39 is 16.8 Å². The summed E-state index contributed by atoms with van der Waals surface area (Å²) in [6, 6.07) is 17.7. The van der Waals surface area contributed by atoms with Gasteiger partial charge in [0.05, 0.1) is 58.7 Å². The molecule has 5 aromatic rings. The zero-order valence-electron chi connectivity index (χ0n) is 33.5. The number of amides is 1. The Hall–Kier alpha value is -5.43. The van der Waals surface area contributed by atoms with E-state index in [4.69, 9.17) is 34.4 Å². The highest BCUT2D eigenvalue weighted by Crippen LogP contribution is 2.39. The lowest BCUT2D eigenvalue weighted by Gasteiger charge is -2.33. The summed E-state index contributed by atoms with van der Waals surface area (Å²) in [6.07, 6.45) is 6.00. The Morgan fingerprint density at radius 1 is 0.900 bits per heavy atom.